The first-order chi connectivity index (χ1) is 14.1. The zero-order chi connectivity index (χ0) is 20.0. The van der Waals surface area contributed by atoms with E-state index in [4.69, 9.17) is 9.47 Å². The van der Waals surface area contributed by atoms with Crippen LogP contribution in [0.5, 0.6) is 11.6 Å². The third kappa shape index (κ3) is 2.99. The van der Waals surface area contributed by atoms with Gasteiger partial charge in [-0.1, -0.05) is 18.2 Å². The van der Waals surface area contributed by atoms with Crippen LogP contribution in [0.2, 0.25) is 0 Å². The van der Waals surface area contributed by atoms with Crippen molar-refractivity contribution in [1.29, 1.82) is 0 Å². The molecule has 150 valence electrons. The van der Waals surface area contributed by atoms with Crippen molar-refractivity contribution in [3.05, 3.63) is 59.3 Å². The van der Waals surface area contributed by atoms with Crippen molar-refractivity contribution in [2.75, 3.05) is 13.7 Å². The maximum Gasteiger partial charge on any atom is 0.253 e. The van der Waals surface area contributed by atoms with E-state index < -0.39 is 5.60 Å². The number of aromatic nitrogens is 1. The first-order valence-corrected chi connectivity index (χ1v) is 10.1. The highest BCUT2D eigenvalue weighted by atomic mass is 16.5. The summed E-state index contributed by atoms with van der Waals surface area (Å²) in [4.78, 5) is 19.6. The third-order valence-electron chi connectivity index (χ3n) is 6.37. The molecule has 4 heterocycles. The molecule has 0 spiro atoms. The minimum absolute atomic E-state index is 0.00534. The van der Waals surface area contributed by atoms with E-state index >= 15 is 0 Å². The van der Waals surface area contributed by atoms with Crippen molar-refractivity contribution < 1.29 is 19.4 Å². The van der Waals surface area contributed by atoms with Gasteiger partial charge < -0.3 is 19.5 Å². The second kappa shape index (κ2) is 6.88. The summed E-state index contributed by atoms with van der Waals surface area (Å²) in [7, 11) is 1.57. The van der Waals surface area contributed by atoms with Gasteiger partial charge in [0.15, 0.2) is 0 Å². The van der Waals surface area contributed by atoms with Crippen LogP contribution in [0.15, 0.2) is 48.2 Å². The third-order valence-corrected chi connectivity index (χ3v) is 6.37. The Kier molecular flexibility index (Phi) is 4.32. The molecule has 0 aliphatic carbocycles. The summed E-state index contributed by atoms with van der Waals surface area (Å²) >= 11 is 0. The maximum absolute atomic E-state index is 13.4. The number of carbonyl (C=O) groups is 1. The highest BCUT2D eigenvalue weighted by molar-refractivity contribution is 5.99. The smallest absolute Gasteiger partial charge is 0.253 e. The Morgan fingerprint density at radius 3 is 2.72 bits per heavy atom. The summed E-state index contributed by atoms with van der Waals surface area (Å²) < 4.78 is 11.2. The molecule has 2 fully saturated rings. The van der Waals surface area contributed by atoms with E-state index in [-0.39, 0.29) is 24.6 Å². The minimum atomic E-state index is -1.04. The summed E-state index contributed by atoms with van der Waals surface area (Å²) in [5.41, 5.74) is 1.28. The molecule has 6 nitrogen and oxygen atoms in total. The molecule has 2 bridgehead atoms. The lowest BCUT2D eigenvalue weighted by Crippen LogP contribution is -2.52. The number of carbonyl (C=O) groups excluding carboxylic acids is 1. The Morgan fingerprint density at radius 1 is 1.21 bits per heavy atom. The number of rotatable bonds is 3. The van der Waals surface area contributed by atoms with Crippen molar-refractivity contribution in [1.82, 2.24) is 9.88 Å². The lowest BCUT2D eigenvalue weighted by Gasteiger charge is -2.44. The number of hydrogen-bond acceptors (Lipinski definition) is 5. The van der Waals surface area contributed by atoms with Crippen molar-refractivity contribution in [3.8, 4) is 11.6 Å². The van der Waals surface area contributed by atoms with Crippen molar-refractivity contribution in [2.24, 2.45) is 0 Å². The molecule has 29 heavy (non-hydrogen) atoms. The van der Waals surface area contributed by atoms with Gasteiger partial charge in [0, 0.05) is 42.2 Å². The molecular weight excluding hydrogens is 368 g/mol. The molecule has 1 amide bonds. The van der Waals surface area contributed by atoms with Crippen molar-refractivity contribution in [2.45, 2.75) is 43.4 Å². The first-order valence-electron chi connectivity index (χ1n) is 10.1. The topological polar surface area (TPSA) is 71.9 Å². The van der Waals surface area contributed by atoms with Gasteiger partial charge in [-0.3, -0.25) is 4.79 Å². The van der Waals surface area contributed by atoms with Crippen LogP contribution in [-0.4, -0.2) is 46.7 Å². The summed E-state index contributed by atoms with van der Waals surface area (Å²) in [5.74, 6) is 1.28. The van der Waals surface area contributed by atoms with Gasteiger partial charge in [0.05, 0.1) is 18.3 Å². The zero-order valence-electron chi connectivity index (χ0n) is 16.4. The molecular formula is C23H24N2O4. The van der Waals surface area contributed by atoms with Crippen LogP contribution in [0.25, 0.3) is 6.08 Å². The van der Waals surface area contributed by atoms with Gasteiger partial charge >= 0.3 is 0 Å². The van der Waals surface area contributed by atoms with E-state index in [1.165, 1.54) is 0 Å². The predicted octanol–water partition coefficient (Wildman–Crippen LogP) is 2.91. The number of fused-ring (bicyclic) bond motifs is 3. The fraction of sp³-hybridized carbons (Fsp3) is 0.391. The molecule has 2 unspecified atom stereocenters. The van der Waals surface area contributed by atoms with Crippen LogP contribution in [-0.2, 0) is 10.4 Å². The van der Waals surface area contributed by atoms with E-state index in [0.29, 0.717) is 29.9 Å². The molecule has 0 saturated carbocycles. The molecule has 3 aliphatic heterocycles. The van der Waals surface area contributed by atoms with Crippen LogP contribution < -0.4 is 9.47 Å². The maximum atomic E-state index is 13.4. The molecule has 6 heteroatoms. The average molecular weight is 392 g/mol. The van der Waals surface area contributed by atoms with Crippen LogP contribution >= 0.6 is 0 Å². The van der Waals surface area contributed by atoms with Gasteiger partial charge in [0.25, 0.3) is 5.91 Å². The van der Waals surface area contributed by atoms with Crippen LogP contribution in [0.3, 0.4) is 0 Å². The zero-order valence-corrected chi connectivity index (χ0v) is 16.4. The number of piperidine rings is 1. The molecule has 5 rings (SSSR count). The Hall–Kier alpha value is -2.86. The number of amides is 1. The Labute approximate surface area is 169 Å². The normalized spacial score (nSPS) is 27.7. The number of ether oxygens (including phenoxy) is 2. The SMILES string of the molecule is COc1ncccc1C1(O)CC2CCC(C1)N2C(=O)C1=Cc2ccccc2OC1. The van der Waals surface area contributed by atoms with Gasteiger partial charge in [0.2, 0.25) is 5.88 Å². The molecule has 2 aromatic rings. The average Bonchev–Trinajstić information content (AvgIpc) is 3.04. The fourth-order valence-corrected chi connectivity index (χ4v) is 5.09. The molecule has 1 aromatic heterocycles. The summed E-state index contributed by atoms with van der Waals surface area (Å²) in [6.07, 6.45) is 6.36. The lowest BCUT2D eigenvalue weighted by molar-refractivity contribution is -0.138. The van der Waals surface area contributed by atoms with E-state index in [2.05, 4.69) is 4.98 Å². The van der Waals surface area contributed by atoms with Crippen molar-refractivity contribution in [3.63, 3.8) is 0 Å². The minimum Gasteiger partial charge on any atom is -0.488 e. The Bertz CT molecular complexity index is 972. The van der Waals surface area contributed by atoms with Gasteiger partial charge in [-0.15, -0.1) is 0 Å². The Balaban J connectivity index is 1.41. The first kappa shape index (κ1) is 18.2. The molecule has 1 aromatic carbocycles. The van der Waals surface area contributed by atoms with E-state index in [9.17, 15) is 9.90 Å². The summed E-state index contributed by atoms with van der Waals surface area (Å²) in [5, 5.41) is 11.5. The molecule has 1 N–H and O–H groups in total. The highest BCUT2D eigenvalue weighted by Crippen LogP contribution is 2.48. The largest absolute Gasteiger partial charge is 0.488 e. The highest BCUT2D eigenvalue weighted by Gasteiger charge is 2.51. The fourth-order valence-electron chi connectivity index (χ4n) is 5.09. The van der Waals surface area contributed by atoms with Gasteiger partial charge in [-0.25, -0.2) is 4.98 Å². The monoisotopic (exact) mass is 392 g/mol. The van der Waals surface area contributed by atoms with Crippen LogP contribution in [0.4, 0.5) is 0 Å². The van der Waals surface area contributed by atoms with Gasteiger partial charge in [-0.2, -0.15) is 0 Å². The molecule has 3 aliphatic rings. The van der Waals surface area contributed by atoms with Gasteiger partial charge in [0.1, 0.15) is 12.4 Å². The number of pyridine rings is 1. The number of para-hydroxylation sites is 1. The van der Waals surface area contributed by atoms with Crippen LogP contribution in [0.1, 0.15) is 36.8 Å². The second-order valence-corrected chi connectivity index (χ2v) is 8.09. The molecule has 2 atom stereocenters. The quantitative estimate of drug-likeness (QED) is 0.870. The molecule has 0 radical (unpaired) electrons. The number of methoxy groups -OCH3 is 1. The summed E-state index contributed by atoms with van der Waals surface area (Å²) in [6, 6.07) is 11.4. The van der Waals surface area contributed by atoms with Gasteiger partial charge in [-0.05, 0) is 37.1 Å². The summed E-state index contributed by atoms with van der Waals surface area (Å²) in [6.45, 7) is 0.284. The van der Waals surface area contributed by atoms with E-state index in [1.54, 1.807) is 13.3 Å². The van der Waals surface area contributed by atoms with E-state index in [1.807, 2.05) is 47.4 Å². The Morgan fingerprint density at radius 2 is 1.97 bits per heavy atom. The van der Waals surface area contributed by atoms with Crippen LogP contribution in [0, 0.1) is 0 Å². The van der Waals surface area contributed by atoms with E-state index in [0.717, 1.165) is 24.2 Å². The molecule has 2 saturated heterocycles. The number of aliphatic hydroxyl groups is 1. The van der Waals surface area contributed by atoms with Crippen molar-refractivity contribution >= 4 is 12.0 Å². The standard InChI is InChI=1S/C23H24N2O4/c1-28-21-19(6-4-10-24-21)23(27)12-17-8-9-18(13-23)25(17)22(26)16-11-15-5-2-3-7-20(15)29-14-16/h2-7,10-11,17-18,27H,8-9,12-14H2,1H3. The number of hydrogen-bond donors (Lipinski definition) is 1. The predicted molar refractivity (Wildman–Crippen MR) is 107 cm³/mol. The lowest BCUT2D eigenvalue weighted by atomic mass is 9.80. The number of benzene rings is 1. The number of nitrogens with zero attached hydrogens (tertiary/aromatic N) is 2. The second-order valence-electron chi connectivity index (χ2n) is 8.09.